The van der Waals surface area contributed by atoms with Crippen LogP contribution in [0.4, 0.5) is 0 Å². The maximum absolute atomic E-state index is 12.0. The highest BCUT2D eigenvalue weighted by Crippen LogP contribution is 2.26. The number of aliphatic hydroxyl groups is 1. The number of thioether (sulfide) groups is 1. The molecule has 1 aliphatic carbocycles. The Balaban J connectivity index is 2.30. The summed E-state index contributed by atoms with van der Waals surface area (Å²) in [5, 5.41) is 12.5. The molecule has 100 valence electrons. The van der Waals surface area contributed by atoms with Crippen molar-refractivity contribution in [2.75, 3.05) is 26.0 Å². The summed E-state index contributed by atoms with van der Waals surface area (Å²) in [6.45, 7) is 5.36. The average Bonchev–Trinajstić information content (AvgIpc) is 3.13. The van der Waals surface area contributed by atoms with E-state index in [4.69, 9.17) is 5.11 Å². The van der Waals surface area contributed by atoms with Crippen molar-refractivity contribution in [1.29, 1.82) is 0 Å². The van der Waals surface area contributed by atoms with Crippen molar-refractivity contribution in [1.82, 2.24) is 10.2 Å². The smallest absolute Gasteiger partial charge is 0.236 e. The second kappa shape index (κ2) is 7.24. The molecule has 0 radical (unpaired) electrons. The van der Waals surface area contributed by atoms with Crippen molar-refractivity contribution in [3.05, 3.63) is 0 Å². The van der Waals surface area contributed by atoms with Crippen molar-refractivity contribution >= 4 is 17.7 Å². The lowest BCUT2D eigenvalue weighted by Crippen LogP contribution is -2.45. The monoisotopic (exact) mass is 260 g/mol. The molecule has 17 heavy (non-hydrogen) atoms. The van der Waals surface area contributed by atoms with E-state index in [1.165, 1.54) is 0 Å². The molecule has 0 saturated heterocycles. The molecule has 2 atom stereocenters. The molecule has 1 rings (SSSR count). The Hall–Kier alpha value is -0.260. The van der Waals surface area contributed by atoms with Gasteiger partial charge in [-0.05, 0) is 32.9 Å². The van der Waals surface area contributed by atoms with Gasteiger partial charge in [0, 0.05) is 23.9 Å². The molecule has 2 N–H and O–H groups in total. The Kier molecular flexibility index (Phi) is 6.30. The molecule has 4 nitrogen and oxygen atoms in total. The molecule has 0 aliphatic heterocycles. The number of nitrogens with zero attached hydrogens (tertiary/aromatic N) is 1. The Morgan fingerprint density at radius 3 is 2.65 bits per heavy atom. The number of carbonyl (C=O) groups excluding carboxylic acids is 1. The van der Waals surface area contributed by atoms with Crippen molar-refractivity contribution in [3.8, 4) is 0 Å². The lowest BCUT2D eigenvalue weighted by molar-refractivity contribution is -0.130. The van der Waals surface area contributed by atoms with E-state index in [1.807, 2.05) is 25.0 Å². The second-order valence-electron chi connectivity index (χ2n) is 4.54. The highest BCUT2D eigenvalue weighted by atomic mass is 32.2. The number of likely N-dealkylation sites (N-methyl/N-ethyl adjacent to an activating group) is 1. The predicted octanol–water partition coefficient (Wildman–Crippen LogP) is 0.699. The third kappa shape index (κ3) is 4.48. The van der Waals surface area contributed by atoms with Crippen LogP contribution in [0.5, 0.6) is 0 Å². The van der Waals surface area contributed by atoms with E-state index in [0.29, 0.717) is 12.6 Å². The van der Waals surface area contributed by atoms with Gasteiger partial charge < -0.3 is 15.3 Å². The summed E-state index contributed by atoms with van der Waals surface area (Å²) >= 11 is 1.63. The van der Waals surface area contributed by atoms with Gasteiger partial charge in [0.1, 0.15) is 0 Å². The van der Waals surface area contributed by atoms with Crippen LogP contribution in [0.15, 0.2) is 0 Å². The predicted molar refractivity (Wildman–Crippen MR) is 72.3 cm³/mol. The molecule has 5 heteroatoms. The zero-order chi connectivity index (χ0) is 12.8. The average molecular weight is 260 g/mol. The van der Waals surface area contributed by atoms with Crippen LogP contribution in [0.25, 0.3) is 0 Å². The van der Waals surface area contributed by atoms with Crippen LogP contribution in [0.3, 0.4) is 0 Å². The maximum atomic E-state index is 12.0. The molecular weight excluding hydrogens is 236 g/mol. The van der Waals surface area contributed by atoms with Gasteiger partial charge in [-0.25, -0.2) is 0 Å². The first-order valence-corrected chi connectivity index (χ1v) is 7.59. The van der Waals surface area contributed by atoms with Gasteiger partial charge >= 0.3 is 0 Å². The zero-order valence-corrected chi connectivity index (χ0v) is 11.8. The van der Waals surface area contributed by atoms with E-state index in [2.05, 4.69) is 5.32 Å². The van der Waals surface area contributed by atoms with Crippen molar-refractivity contribution < 1.29 is 9.90 Å². The van der Waals surface area contributed by atoms with Crippen LogP contribution in [0.2, 0.25) is 0 Å². The molecule has 1 fully saturated rings. The normalized spacial score (nSPS) is 18.8. The minimum absolute atomic E-state index is 0.143. The SMILES string of the molecule is CCN(C(=O)CNC(C)C(CO)SC)C1CC1. The first kappa shape index (κ1) is 14.8. The highest BCUT2D eigenvalue weighted by molar-refractivity contribution is 7.99. The van der Waals surface area contributed by atoms with Crippen LogP contribution in [-0.2, 0) is 4.79 Å². The summed E-state index contributed by atoms with van der Waals surface area (Å²) in [5.41, 5.74) is 0. The topological polar surface area (TPSA) is 52.6 Å². The van der Waals surface area contributed by atoms with Gasteiger partial charge in [-0.15, -0.1) is 0 Å². The molecule has 1 amide bonds. The molecule has 0 spiro atoms. The van der Waals surface area contributed by atoms with Crippen LogP contribution >= 0.6 is 11.8 Å². The van der Waals surface area contributed by atoms with Crippen molar-refractivity contribution in [2.45, 2.75) is 44.0 Å². The van der Waals surface area contributed by atoms with E-state index in [9.17, 15) is 4.79 Å². The molecule has 0 heterocycles. The third-order valence-corrected chi connectivity index (χ3v) is 4.43. The number of hydrogen-bond acceptors (Lipinski definition) is 4. The lowest BCUT2D eigenvalue weighted by Gasteiger charge is -2.24. The van der Waals surface area contributed by atoms with Gasteiger partial charge in [-0.2, -0.15) is 11.8 Å². The minimum Gasteiger partial charge on any atom is -0.395 e. The van der Waals surface area contributed by atoms with E-state index in [0.717, 1.165) is 19.4 Å². The summed E-state index contributed by atoms with van der Waals surface area (Å²) in [7, 11) is 0. The molecule has 0 bridgehead atoms. The summed E-state index contributed by atoms with van der Waals surface area (Å²) in [6.07, 6.45) is 4.28. The van der Waals surface area contributed by atoms with Gasteiger partial charge in [0.15, 0.2) is 0 Å². The molecular formula is C12H24N2O2S. The van der Waals surface area contributed by atoms with Crippen molar-refractivity contribution in [2.24, 2.45) is 0 Å². The Morgan fingerprint density at radius 1 is 1.59 bits per heavy atom. The van der Waals surface area contributed by atoms with Gasteiger partial charge in [-0.1, -0.05) is 0 Å². The summed E-state index contributed by atoms with van der Waals surface area (Å²) < 4.78 is 0. The van der Waals surface area contributed by atoms with Crippen LogP contribution in [-0.4, -0.2) is 59.2 Å². The lowest BCUT2D eigenvalue weighted by atomic mass is 10.2. The minimum atomic E-state index is 0.143. The van der Waals surface area contributed by atoms with Crippen molar-refractivity contribution in [3.63, 3.8) is 0 Å². The first-order valence-electron chi connectivity index (χ1n) is 6.30. The summed E-state index contributed by atoms with van der Waals surface area (Å²) in [6, 6.07) is 0.635. The fraction of sp³-hybridized carbons (Fsp3) is 0.917. The molecule has 2 unspecified atom stereocenters. The molecule has 1 saturated carbocycles. The zero-order valence-electron chi connectivity index (χ0n) is 11.0. The fourth-order valence-electron chi connectivity index (χ4n) is 1.94. The standard InChI is InChI=1S/C12H24N2O2S/c1-4-14(10-5-6-10)12(16)7-13-9(2)11(8-15)17-3/h9-11,13,15H,4-8H2,1-3H3. The Bertz CT molecular complexity index is 243. The number of carbonyl (C=O) groups is 1. The molecule has 1 aliphatic rings. The summed E-state index contributed by atoms with van der Waals surface area (Å²) in [5.74, 6) is 0.180. The Morgan fingerprint density at radius 2 is 2.24 bits per heavy atom. The first-order chi connectivity index (χ1) is 8.13. The largest absolute Gasteiger partial charge is 0.395 e. The number of aliphatic hydroxyl groups excluding tert-OH is 1. The number of amides is 1. The van der Waals surface area contributed by atoms with Gasteiger partial charge in [0.2, 0.25) is 5.91 Å². The van der Waals surface area contributed by atoms with Crippen LogP contribution in [0.1, 0.15) is 26.7 Å². The summed E-state index contributed by atoms with van der Waals surface area (Å²) in [4.78, 5) is 13.9. The van der Waals surface area contributed by atoms with Gasteiger partial charge in [0.05, 0.1) is 13.2 Å². The fourth-order valence-corrected chi connectivity index (χ4v) is 2.60. The number of hydrogen-bond donors (Lipinski definition) is 2. The Labute approximate surface area is 108 Å². The second-order valence-corrected chi connectivity index (χ2v) is 5.61. The van der Waals surface area contributed by atoms with Gasteiger partial charge in [0.25, 0.3) is 0 Å². The van der Waals surface area contributed by atoms with Crippen LogP contribution < -0.4 is 5.32 Å². The third-order valence-electron chi connectivity index (χ3n) is 3.26. The molecule has 0 aromatic rings. The molecule has 0 aromatic heterocycles. The highest BCUT2D eigenvalue weighted by Gasteiger charge is 2.31. The van der Waals surface area contributed by atoms with E-state index < -0.39 is 0 Å². The van der Waals surface area contributed by atoms with Crippen LogP contribution in [0, 0.1) is 0 Å². The number of nitrogens with one attached hydrogen (secondary N) is 1. The van der Waals surface area contributed by atoms with E-state index >= 15 is 0 Å². The number of rotatable bonds is 8. The quantitative estimate of drug-likeness (QED) is 0.674. The maximum Gasteiger partial charge on any atom is 0.236 e. The van der Waals surface area contributed by atoms with E-state index in [1.54, 1.807) is 11.8 Å². The van der Waals surface area contributed by atoms with E-state index in [-0.39, 0.29) is 23.8 Å². The van der Waals surface area contributed by atoms with Gasteiger partial charge in [-0.3, -0.25) is 4.79 Å². The molecule has 0 aromatic carbocycles.